The summed E-state index contributed by atoms with van der Waals surface area (Å²) in [5.74, 6) is 1.20. The molecule has 1 heterocycles. The number of methoxy groups -OCH3 is 2. The highest BCUT2D eigenvalue weighted by Crippen LogP contribution is 2.33. The molecule has 146 valence electrons. The molecule has 0 bridgehead atoms. The lowest BCUT2D eigenvalue weighted by Gasteiger charge is -2.08. The Kier molecular flexibility index (Phi) is 6.32. The molecule has 0 radical (unpaired) electrons. The Morgan fingerprint density at radius 1 is 1.07 bits per heavy atom. The van der Waals surface area contributed by atoms with Crippen molar-refractivity contribution in [1.29, 1.82) is 0 Å². The van der Waals surface area contributed by atoms with E-state index in [1.807, 2.05) is 48.5 Å². The SMILES string of the molecule is CCCn1nc(-c2ccc(OC)cc2OC)cc1C(=O)NCc1ccccc1. The minimum absolute atomic E-state index is 0.150. The van der Waals surface area contributed by atoms with Gasteiger partial charge in [0.05, 0.1) is 19.9 Å². The molecular formula is C22H25N3O3. The summed E-state index contributed by atoms with van der Waals surface area (Å²) in [4.78, 5) is 12.8. The normalized spacial score (nSPS) is 10.5. The molecule has 0 aliphatic heterocycles. The van der Waals surface area contributed by atoms with Crippen LogP contribution in [0.25, 0.3) is 11.3 Å². The van der Waals surface area contributed by atoms with Crippen LogP contribution in [0.15, 0.2) is 54.6 Å². The Balaban J connectivity index is 1.88. The zero-order valence-electron chi connectivity index (χ0n) is 16.4. The predicted molar refractivity (Wildman–Crippen MR) is 109 cm³/mol. The lowest BCUT2D eigenvalue weighted by atomic mass is 10.1. The smallest absolute Gasteiger partial charge is 0.269 e. The fraction of sp³-hybridized carbons (Fsp3) is 0.273. The highest BCUT2D eigenvalue weighted by molar-refractivity contribution is 5.94. The number of nitrogens with one attached hydrogen (secondary N) is 1. The maximum Gasteiger partial charge on any atom is 0.269 e. The van der Waals surface area contributed by atoms with E-state index in [-0.39, 0.29) is 5.91 Å². The first-order chi connectivity index (χ1) is 13.7. The van der Waals surface area contributed by atoms with Gasteiger partial charge in [-0.05, 0) is 30.2 Å². The van der Waals surface area contributed by atoms with Gasteiger partial charge in [-0.2, -0.15) is 5.10 Å². The molecular weight excluding hydrogens is 354 g/mol. The van der Waals surface area contributed by atoms with E-state index in [9.17, 15) is 4.79 Å². The quantitative estimate of drug-likeness (QED) is 0.644. The average molecular weight is 379 g/mol. The van der Waals surface area contributed by atoms with Gasteiger partial charge in [0.25, 0.3) is 5.91 Å². The van der Waals surface area contributed by atoms with Gasteiger partial charge in [-0.1, -0.05) is 37.3 Å². The summed E-state index contributed by atoms with van der Waals surface area (Å²) >= 11 is 0. The van der Waals surface area contributed by atoms with Crippen LogP contribution in [0.5, 0.6) is 11.5 Å². The van der Waals surface area contributed by atoms with Crippen LogP contribution in [0.3, 0.4) is 0 Å². The van der Waals surface area contributed by atoms with Crippen molar-refractivity contribution < 1.29 is 14.3 Å². The average Bonchev–Trinajstić information content (AvgIpc) is 3.16. The maximum absolute atomic E-state index is 12.8. The molecule has 2 aromatic carbocycles. The number of nitrogens with zero attached hydrogens (tertiary/aromatic N) is 2. The van der Waals surface area contributed by atoms with Gasteiger partial charge in [-0.3, -0.25) is 9.48 Å². The van der Waals surface area contributed by atoms with Crippen LogP contribution in [0.4, 0.5) is 0 Å². The van der Waals surface area contributed by atoms with Crippen molar-refractivity contribution >= 4 is 5.91 Å². The number of carbonyl (C=O) groups excluding carboxylic acids is 1. The Labute approximate surface area is 165 Å². The van der Waals surface area contributed by atoms with Crippen LogP contribution >= 0.6 is 0 Å². The van der Waals surface area contributed by atoms with Gasteiger partial charge in [0.1, 0.15) is 17.2 Å². The highest BCUT2D eigenvalue weighted by Gasteiger charge is 2.18. The lowest BCUT2D eigenvalue weighted by Crippen LogP contribution is -2.25. The number of benzene rings is 2. The van der Waals surface area contributed by atoms with Gasteiger partial charge >= 0.3 is 0 Å². The monoisotopic (exact) mass is 379 g/mol. The summed E-state index contributed by atoms with van der Waals surface area (Å²) in [5, 5.41) is 7.62. The van der Waals surface area contributed by atoms with Gasteiger partial charge < -0.3 is 14.8 Å². The summed E-state index contributed by atoms with van der Waals surface area (Å²) in [5.41, 5.74) is 3.09. The van der Waals surface area contributed by atoms with E-state index >= 15 is 0 Å². The van der Waals surface area contributed by atoms with Gasteiger partial charge in [-0.25, -0.2) is 0 Å². The first kappa shape index (κ1) is 19.5. The predicted octanol–water partition coefficient (Wildman–Crippen LogP) is 3.91. The summed E-state index contributed by atoms with van der Waals surface area (Å²) in [7, 11) is 3.22. The molecule has 3 rings (SSSR count). The van der Waals surface area contributed by atoms with Gasteiger partial charge in [-0.15, -0.1) is 0 Å². The van der Waals surface area contributed by atoms with Crippen molar-refractivity contribution in [3.8, 4) is 22.8 Å². The van der Waals surface area contributed by atoms with Crippen molar-refractivity contribution in [2.75, 3.05) is 14.2 Å². The van der Waals surface area contributed by atoms with Crippen LogP contribution in [0, 0.1) is 0 Å². The largest absolute Gasteiger partial charge is 0.497 e. The number of hydrogen-bond donors (Lipinski definition) is 1. The van der Waals surface area contributed by atoms with Crippen molar-refractivity contribution in [2.24, 2.45) is 0 Å². The van der Waals surface area contributed by atoms with E-state index < -0.39 is 0 Å². The second-order valence-electron chi connectivity index (χ2n) is 6.37. The minimum Gasteiger partial charge on any atom is -0.497 e. The number of amides is 1. The molecule has 0 fully saturated rings. The zero-order valence-corrected chi connectivity index (χ0v) is 16.4. The van der Waals surface area contributed by atoms with Gasteiger partial charge in [0.15, 0.2) is 0 Å². The fourth-order valence-electron chi connectivity index (χ4n) is 2.99. The molecule has 0 saturated carbocycles. The summed E-state index contributed by atoms with van der Waals surface area (Å²) < 4.78 is 12.5. The van der Waals surface area contributed by atoms with E-state index in [4.69, 9.17) is 9.47 Å². The second kappa shape index (κ2) is 9.08. The minimum atomic E-state index is -0.150. The van der Waals surface area contributed by atoms with Crippen molar-refractivity contribution in [3.63, 3.8) is 0 Å². The number of hydrogen-bond acceptors (Lipinski definition) is 4. The van der Waals surface area contributed by atoms with Gasteiger partial charge in [0.2, 0.25) is 0 Å². The van der Waals surface area contributed by atoms with E-state index in [0.717, 1.165) is 17.5 Å². The van der Waals surface area contributed by atoms with Crippen LogP contribution in [-0.4, -0.2) is 29.9 Å². The van der Waals surface area contributed by atoms with E-state index in [0.29, 0.717) is 36.0 Å². The first-order valence-electron chi connectivity index (χ1n) is 9.28. The molecule has 1 amide bonds. The third kappa shape index (κ3) is 4.34. The summed E-state index contributed by atoms with van der Waals surface area (Å²) in [6, 6.07) is 17.2. The third-order valence-electron chi connectivity index (χ3n) is 4.43. The number of rotatable bonds is 8. The molecule has 0 atom stereocenters. The maximum atomic E-state index is 12.8. The summed E-state index contributed by atoms with van der Waals surface area (Å²) in [6.07, 6.45) is 0.875. The number of carbonyl (C=O) groups is 1. The molecule has 6 heteroatoms. The van der Waals surface area contributed by atoms with E-state index in [2.05, 4.69) is 17.3 Å². The van der Waals surface area contributed by atoms with E-state index in [1.54, 1.807) is 25.0 Å². The Bertz CT molecular complexity index is 935. The number of aryl methyl sites for hydroxylation is 1. The Hall–Kier alpha value is -3.28. The molecule has 1 N–H and O–H groups in total. The number of aromatic nitrogens is 2. The van der Waals surface area contributed by atoms with Crippen molar-refractivity contribution in [3.05, 3.63) is 65.9 Å². The van der Waals surface area contributed by atoms with Crippen molar-refractivity contribution in [1.82, 2.24) is 15.1 Å². The van der Waals surface area contributed by atoms with Crippen LogP contribution in [0.1, 0.15) is 29.4 Å². The van der Waals surface area contributed by atoms with Crippen LogP contribution in [-0.2, 0) is 13.1 Å². The molecule has 0 aliphatic carbocycles. The molecule has 0 aliphatic rings. The summed E-state index contributed by atoms with van der Waals surface area (Å²) in [6.45, 7) is 3.19. The molecule has 0 saturated heterocycles. The third-order valence-corrected chi connectivity index (χ3v) is 4.43. The van der Waals surface area contributed by atoms with E-state index in [1.165, 1.54) is 0 Å². The topological polar surface area (TPSA) is 65.4 Å². The Morgan fingerprint density at radius 3 is 2.54 bits per heavy atom. The second-order valence-corrected chi connectivity index (χ2v) is 6.37. The lowest BCUT2D eigenvalue weighted by molar-refractivity contribution is 0.0940. The molecule has 28 heavy (non-hydrogen) atoms. The van der Waals surface area contributed by atoms with Crippen LogP contribution in [0.2, 0.25) is 0 Å². The highest BCUT2D eigenvalue weighted by atomic mass is 16.5. The Morgan fingerprint density at radius 2 is 1.86 bits per heavy atom. The first-order valence-corrected chi connectivity index (χ1v) is 9.28. The number of ether oxygens (including phenoxy) is 2. The molecule has 3 aromatic rings. The zero-order chi connectivity index (χ0) is 19.9. The molecule has 1 aromatic heterocycles. The molecule has 6 nitrogen and oxygen atoms in total. The van der Waals surface area contributed by atoms with Gasteiger partial charge in [0, 0.05) is 24.7 Å². The molecule has 0 unspecified atom stereocenters. The standard InChI is InChI=1S/C22H25N3O3/c1-4-12-25-20(22(26)23-15-16-8-6-5-7-9-16)14-19(24-25)18-11-10-17(27-2)13-21(18)28-3/h5-11,13-14H,4,12,15H2,1-3H3,(H,23,26). The molecule has 0 spiro atoms. The van der Waals surface area contributed by atoms with Crippen LogP contribution < -0.4 is 14.8 Å². The fourth-order valence-corrected chi connectivity index (χ4v) is 2.99. The van der Waals surface area contributed by atoms with Crippen molar-refractivity contribution in [2.45, 2.75) is 26.4 Å².